The van der Waals surface area contributed by atoms with Gasteiger partial charge >= 0.3 is 0 Å². The Labute approximate surface area is 155 Å². The van der Waals surface area contributed by atoms with Gasteiger partial charge < -0.3 is 4.74 Å². The predicted octanol–water partition coefficient (Wildman–Crippen LogP) is 5.33. The van der Waals surface area contributed by atoms with E-state index in [2.05, 4.69) is 68.5 Å². The molecule has 0 radical (unpaired) electrons. The van der Waals surface area contributed by atoms with E-state index in [0.717, 1.165) is 6.42 Å². The molecule has 2 atom stereocenters. The van der Waals surface area contributed by atoms with Crippen LogP contribution in [0.15, 0.2) is 60.7 Å². The van der Waals surface area contributed by atoms with Crippen LogP contribution in [0.25, 0.3) is 11.6 Å². The highest BCUT2D eigenvalue weighted by atomic mass is 16.5. The van der Waals surface area contributed by atoms with Crippen LogP contribution in [0.2, 0.25) is 0 Å². The summed E-state index contributed by atoms with van der Waals surface area (Å²) in [5.74, 6) is 0.257. The van der Waals surface area contributed by atoms with Gasteiger partial charge in [0.2, 0.25) is 0 Å². The third kappa shape index (κ3) is 2.85. The van der Waals surface area contributed by atoms with Gasteiger partial charge in [0.05, 0.1) is 12.2 Å². The molecule has 26 heavy (non-hydrogen) atoms. The zero-order valence-corrected chi connectivity index (χ0v) is 15.4. The van der Waals surface area contributed by atoms with Crippen molar-refractivity contribution in [1.29, 1.82) is 0 Å². The van der Waals surface area contributed by atoms with Gasteiger partial charge in [-0.3, -0.25) is 4.79 Å². The van der Waals surface area contributed by atoms with E-state index in [1.807, 2.05) is 6.08 Å². The average Bonchev–Trinajstić information content (AvgIpc) is 2.80. The molecule has 132 valence electrons. The lowest BCUT2D eigenvalue weighted by Crippen LogP contribution is -2.39. The van der Waals surface area contributed by atoms with Gasteiger partial charge in [0.1, 0.15) is 0 Å². The zero-order chi connectivity index (χ0) is 18.1. The van der Waals surface area contributed by atoms with Gasteiger partial charge in [-0.2, -0.15) is 0 Å². The van der Waals surface area contributed by atoms with E-state index in [4.69, 9.17) is 4.74 Å². The summed E-state index contributed by atoms with van der Waals surface area (Å²) >= 11 is 0. The number of carbonyl (C=O) groups is 1. The van der Waals surface area contributed by atoms with E-state index < -0.39 is 5.60 Å². The Morgan fingerprint density at radius 1 is 1.15 bits per heavy atom. The fourth-order valence-electron chi connectivity index (χ4n) is 4.22. The number of fused-ring (bicyclic) bond motifs is 3. The SMILES string of the molecule is CC[C@]12C=CC(=O)C[C@H]1c1ccccc1/C(=C/c1ccccc1C)CO2. The first-order valence-electron chi connectivity index (χ1n) is 9.34. The summed E-state index contributed by atoms with van der Waals surface area (Å²) in [4.78, 5) is 12.2. The normalized spacial score (nSPS) is 26.3. The number of hydrogen-bond acceptors (Lipinski definition) is 2. The van der Waals surface area contributed by atoms with Crippen molar-refractivity contribution in [3.63, 3.8) is 0 Å². The van der Waals surface area contributed by atoms with Crippen molar-refractivity contribution in [2.75, 3.05) is 6.61 Å². The van der Waals surface area contributed by atoms with E-state index in [0.29, 0.717) is 13.0 Å². The van der Waals surface area contributed by atoms with E-state index in [-0.39, 0.29) is 11.7 Å². The number of ketones is 1. The number of ether oxygens (including phenoxy) is 1. The quantitative estimate of drug-likeness (QED) is 0.736. The minimum Gasteiger partial charge on any atom is -0.366 e. The monoisotopic (exact) mass is 344 g/mol. The molecule has 2 nitrogen and oxygen atoms in total. The van der Waals surface area contributed by atoms with Crippen LogP contribution in [0.5, 0.6) is 0 Å². The molecule has 2 aliphatic rings. The maximum absolute atomic E-state index is 12.2. The van der Waals surface area contributed by atoms with Crippen LogP contribution in [0, 0.1) is 6.92 Å². The molecule has 0 amide bonds. The molecule has 2 aromatic rings. The van der Waals surface area contributed by atoms with E-state index >= 15 is 0 Å². The largest absolute Gasteiger partial charge is 0.366 e. The van der Waals surface area contributed by atoms with Crippen molar-refractivity contribution in [3.05, 3.63) is 82.9 Å². The summed E-state index contributed by atoms with van der Waals surface area (Å²) in [7, 11) is 0. The summed E-state index contributed by atoms with van der Waals surface area (Å²) in [5.41, 5.74) is 5.68. The summed E-state index contributed by atoms with van der Waals surface area (Å²) < 4.78 is 6.49. The molecule has 1 aliphatic heterocycles. The van der Waals surface area contributed by atoms with E-state index in [1.165, 1.54) is 27.8 Å². The second kappa shape index (κ2) is 6.69. The predicted molar refractivity (Wildman–Crippen MR) is 106 cm³/mol. The van der Waals surface area contributed by atoms with Crippen LogP contribution >= 0.6 is 0 Å². The minimum atomic E-state index is -0.397. The molecule has 0 spiro atoms. The maximum atomic E-state index is 12.2. The second-order valence-electron chi connectivity index (χ2n) is 7.27. The number of aryl methyl sites for hydroxylation is 1. The van der Waals surface area contributed by atoms with E-state index in [9.17, 15) is 4.79 Å². The van der Waals surface area contributed by atoms with Crippen LogP contribution in [0.4, 0.5) is 0 Å². The zero-order valence-electron chi connectivity index (χ0n) is 15.4. The standard InChI is InChI=1S/C24H24O2/c1-3-24-13-12-20(25)15-23(24)22-11-7-6-10-21(22)19(16-26-24)14-18-9-5-4-8-17(18)2/h4-14,23H,3,15-16H2,1-2H3/b19-14+/t23-,24-/m0/s1. The summed E-state index contributed by atoms with van der Waals surface area (Å²) in [6.45, 7) is 4.82. The van der Waals surface area contributed by atoms with Gasteiger partial charge in [-0.25, -0.2) is 0 Å². The minimum absolute atomic E-state index is 0.0731. The number of carbonyl (C=O) groups excluding carboxylic acids is 1. The highest BCUT2D eigenvalue weighted by Gasteiger charge is 2.43. The lowest BCUT2D eigenvalue weighted by atomic mass is 9.72. The first-order chi connectivity index (χ1) is 12.6. The Morgan fingerprint density at radius 2 is 1.92 bits per heavy atom. The molecule has 2 heteroatoms. The molecular weight excluding hydrogens is 320 g/mol. The number of benzene rings is 2. The molecule has 4 rings (SSSR count). The van der Waals surface area contributed by atoms with Crippen LogP contribution in [0.3, 0.4) is 0 Å². The lowest BCUT2D eigenvalue weighted by molar-refractivity contribution is -0.118. The molecule has 1 aliphatic carbocycles. The highest BCUT2D eigenvalue weighted by molar-refractivity contribution is 5.93. The van der Waals surface area contributed by atoms with Gasteiger partial charge in [0, 0.05) is 12.3 Å². The molecule has 0 N–H and O–H groups in total. The van der Waals surface area contributed by atoms with Gasteiger partial charge in [-0.15, -0.1) is 0 Å². The first kappa shape index (κ1) is 17.0. The topological polar surface area (TPSA) is 26.3 Å². The molecule has 0 aromatic heterocycles. The third-order valence-electron chi connectivity index (χ3n) is 5.80. The molecule has 1 heterocycles. The Kier molecular flexibility index (Phi) is 4.37. The number of allylic oxidation sites excluding steroid dienone is 1. The molecule has 0 fully saturated rings. The molecule has 0 bridgehead atoms. The van der Waals surface area contributed by atoms with Crippen molar-refractivity contribution < 1.29 is 9.53 Å². The van der Waals surface area contributed by atoms with Crippen LogP contribution in [-0.2, 0) is 9.53 Å². The lowest BCUT2D eigenvalue weighted by Gasteiger charge is -2.38. The van der Waals surface area contributed by atoms with Crippen LogP contribution in [0.1, 0.15) is 47.9 Å². The summed E-state index contributed by atoms with van der Waals surface area (Å²) in [6.07, 6.45) is 7.31. The van der Waals surface area contributed by atoms with Gasteiger partial charge in [0.15, 0.2) is 5.78 Å². The average molecular weight is 344 g/mol. The van der Waals surface area contributed by atoms with Crippen LogP contribution in [-0.4, -0.2) is 18.0 Å². The Hall–Kier alpha value is -2.45. The van der Waals surface area contributed by atoms with E-state index in [1.54, 1.807) is 6.08 Å². The summed E-state index contributed by atoms with van der Waals surface area (Å²) in [5, 5.41) is 0. The van der Waals surface area contributed by atoms with Crippen LogP contribution < -0.4 is 0 Å². The Balaban J connectivity index is 1.88. The highest BCUT2D eigenvalue weighted by Crippen LogP contribution is 2.46. The molecule has 0 unspecified atom stereocenters. The first-order valence-corrected chi connectivity index (χ1v) is 9.34. The van der Waals surface area contributed by atoms with Crippen molar-refractivity contribution in [2.24, 2.45) is 0 Å². The number of hydrogen-bond donors (Lipinski definition) is 0. The van der Waals surface area contributed by atoms with Gasteiger partial charge in [-0.1, -0.05) is 55.5 Å². The van der Waals surface area contributed by atoms with Crippen molar-refractivity contribution in [2.45, 2.75) is 38.2 Å². The fourth-order valence-corrected chi connectivity index (χ4v) is 4.22. The number of rotatable bonds is 2. The van der Waals surface area contributed by atoms with Crippen molar-refractivity contribution in [3.8, 4) is 0 Å². The van der Waals surface area contributed by atoms with Gasteiger partial charge in [-0.05, 0) is 59.4 Å². The Morgan fingerprint density at radius 3 is 2.73 bits per heavy atom. The summed E-state index contributed by atoms with van der Waals surface area (Å²) in [6, 6.07) is 16.9. The fraction of sp³-hybridized carbons (Fsp3) is 0.292. The third-order valence-corrected chi connectivity index (χ3v) is 5.80. The van der Waals surface area contributed by atoms with Gasteiger partial charge in [0.25, 0.3) is 0 Å². The maximum Gasteiger partial charge on any atom is 0.156 e. The Bertz CT molecular complexity index is 906. The molecule has 2 aromatic carbocycles. The molecule has 0 saturated heterocycles. The molecule has 0 saturated carbocycles. The van der Waals surface area contributed by atoms with Crippen molar-refractivity contribution >= 4 is 17.4 Å². The smallest absolute Gasteiger partial charge is 0.156 e. The van der Waals surface area contributed by atoms with Crippen molar-refractivity contribution in [1.82, 2.24) is 0 Å². The second-order valence-corrected chi connectivity index (χ2v) is 7.27. The molecular formula is C24H24O2.